The summed E-state index contributed by atoms with van der Waals surface area (Å²) in [6.07, 6.45) is 3.31. The Morgan fingerprint density at radius 1 is 1.21 bits per heavy atom. The molecule has 0 aliphatic heterocycles. The Balaban J connectivity index is 2.06. The Kier molecular flexibility index (Phi) is 3.01. The fourth-order valence-electron chi connectivity index (χ4n) is 1.95. The van der Waals surface area contributed by atoms with E-state index in [2.05, 4.69) is 10.1 Å². The van der Waals surface area contributed by atoms with Crippen molar-refractivity contribution in [2.75, 3.05) is 0 Å². The Labute approximate surface area is 114 Å². The molecule has 0 aliphatic rings. The number of benzene rings is 1. The van der Waals surface area contributed by atoms with Crippen LogP contribution in [-0.2, 0) is 6.54 Å². The molecule has 0 fully saturated rings. The van der Waals surface area contributed by atoms with Crippen LogP contribution in [0.1, 0.15) is 5.56 Å². The van der Waals surface area contributed by atoms with Gasteiger partial charge in [0.25, 0.3) is 5.56 Å². The molecule has 0 aliphatic carbocycles. The van der Waals surface area contributed by atoms with Crippen molar-refractivity contribution in [2.45, 2.75) is 6.54 Å². The van der Waals surface area contributed by atoms with Crippen LogP contribution in [-0.4, -0.2) is 14.8 Å². The Morgan fingerprint density at radius 3 is 2.89 bits per heavy atom. The van der Waals surface area contributed by atoms with Crippen LogP contribution in [0.25, 0.3) is 10.8 Å². The molecule has 1 aromatic carbocycles. The van der Waals surface area contributed by atoms with Crippen molar-refractivity contribution in [3.63, 3.8) is 0 Å². The second-order valence-electron chi connectivity index (χ2n) is 4.18. The minimum Gasteiger partial charge on any atom is -0.267 e. The summed E-state index contributed by atoms with van der Waals surface area (Å²) in [5.74, 6) is 0. The molecule has 0 saturated heterocycles. The number of rotatable bonds is 2. The van der Waals surface area contributed by atoms with Gasteiger partial charge in [-0.25, -0.2) is 9.67 Å². The lowest BCUT2D eigenvalue weighted by molar-refractivity contribution is 0.647. The molecule has 2 heterocycles. The zero-order valence-electron chi connectivity index (χ0n) is 9.95. The normalized spacial score (nSPS) is 10.8. The smallest absolute Gasteiger partial charge is 0.267 e. The van der Waals surface area contributed by atoms with Gasteiger partial charge in [0.05, 0.1) is 18.1 Å². The molecule has 0 spiro atoms. The van der Waals surface area contributed by atoms with Crippen molar-refractivity contribution in [3.8, 4) is 0 Å². The van der Waals surface area contributed by atoms with Crippen molar-refractivity contribution in [1.29, 1.82) is 0 Å². The molecule has 4 nitrogen and oxygen atoms in total. The minimum atomic E-state index is -0.106. The molecule has 0 amide bonds. The second-order valence-corrected chi connectivity index (χ2v) is 4.57. The molecule has 94 valence electrons. The Hall–Kier alpha value is -2.20. The molecular weight excluding hydrogens is 262 g/mol. The summed E-state index contributed by atoms with van der Waals surface area (Å²) in [6.45, 7) is 0.381. The Bertz CT molecular complexity index is 798. The van der Waals surface area contributed by atoms with Crippen LogP contribution in [0, 0.1) is 0 Å². The van der Waals surface area contributed by atoms with Crippen LogP contribution in [0.15, 0.2) is 53.6 Å². The third-order valence-corrected chi connectivity index (χ3v) is 3.09. The largest absolute Gasteiger partial charge is 0.274 e. The lowest BCUT2D eigenvalue weighted by Gasteiger charge is -2.06. The first kappa shape index (κ1) is 11.9. The molecule has 0 saturated carbocycles. The van der Waals surface area contributed by atoms with E-state index in [0.717, 1.165) is 10.9 Å². The van der Waals surface area contributed by atoms with Crippen molar-refractivity contribution in [2.24, 2.45) is 0 Å². The molecule has 0 unspecified atom stereocenters. The summed E-state index contributed by atoms with van der Waals surface area (Å²) in [7, 11) is 0. The van der Waals surface area contributed by atoms with Crippen molar-refractivity contribution < 1.29 is 0 Å². The van der Waals surface area contributed by atoms with Crippen LogP contribution < -0.4 is 5.56 Å². The molecule has 0 radical (unpaired) electrons. The fourth-order valence-corrected chi connectivity index (χ4v) is 2.15. The highest BCUT2D eigenvalue weighted by Crippen LogP contribution is 2.09. The number of halogens is 1. The predicted molar refractivity (Wildman–Crippen MR) is 74.4 cm³/mol. The molecule has 2 aromatic heterocycles. The van der Waals surface area contributed by atoms with Crippen molar-refractivity contribution in [1.82, 2.24) is 14.8 Å². The maximum atomic E-state index is 12.3. The van der Waals surface area contributed by atoms with Crippen LogP contribution in [0.5, 0.6) is 0 Å². The number of pyridine rings is 1. The first-order chi connectivity index (χ1) is 9.24. The monoisotopic (exact) mass is 271 g/mol. The van der Waals surface area contributed by atoms with E-state index in [-0.39, 0.29) is 5.56 Å². The van der Waals surface area contributed by atoms with Gasteiger partial charge in [0, 0.05) is 11.6 Å². The zero-order chi connectivity index (χ0) is 13.2. The average molecular weight is 272 g/mol. The highest BCUT2D eigenvalue weighted by molar-refractivity contribution is 6.29. The van der Waals surface area contributed by atoms with E-state index >= 15 is 0 Å². The molecule has 0 atom stereocenters. The number of aromatic nitrogens is 3. The highest BCUT2D eigenvalue weighted by Gasteiger charge is 2.04. The second kappa shape index (κ2) is 4.82. The van der Waals surface area contributed by atoms with Gasteiger partial charge in [-0.05, 0) is 23.8 Å². The number of hydrogen-bond acceptors (Lipinski definition) is 3. The van der Waals surface area contributed by atoms with Gasteiger partial charge in [0.2, 0.25) is 0 Å². The first-order valence-electron chi connectivity index (χ1n) is 5.79. The number of fused-ring (bicyclic) bond motifs is 1. The van der Waals surface area contributed by atoms with E-state index in [1.54, 1.807) is 24.5 Å². The lowest BCUT2D eigenvalue weighted by Crippen LogP contribution is -2.23. The van der Waals surface area contributed by atoms with Crippen LogP contribution >= 0.6 is 11.6 Å². The standard InChI is InChI=1S/C14H10ClN3O/c15-13-7-10(5-6-16-13)9-18-14(19)12-4-2-1-3-11(12)8-17-18/h1-8H,9H2. The maximum Gasteiger partial charge on any atom is 0.274 e. The van der Waals surface area contributed by atoms with Gasteiger partial charge in [-0.15, -0.1) is 0 Å². The van der Waals surface area contributed by atoms with Gasteiger partial charge in [-0.3, -0.25) is 4.79 Å². The third-order valence-electron chi connectivity index (χ3n) is 2.89. The Morgan fingerprint density at radius 2 is 2.05 bits per heavy atom. The van der Waals surface area contributed by atoms with Crippen molar-refractivity contribution >= 4 is 22.4 Å². The summed E-state index contributed by atoms with van der Waals surface area (Å²) < 4.78 is 1.42. The van der Waals surface area contributed by atoms with Gasteiger partial charge in [0.1, 0.15) is 5.15 Å². The minimum absolute atomic E-state index is 0.106. The molecule has 3 rings (SSSR count). The summed E-state index contributed by atoms with van der Waals surface area (Å²) in [5, 5.41) is 6.09. The van der Waals surface area contributed by atoms with E-state index in [1.165, 1.54) is 4.68 Å². The fraction of sp³-hybridized carbons (Fsp3) is 0.0714. The quantitative estimate of drug-likeness (QED) is 0.673. The SMILES string of the molecule is O=c1c2ccccc2cnn1Cc1ccnc(Cl)c1. The highest BCUT2D eigenvalue weighted by atomic mass is 35.5. The summed E-state index contributed by atoms with van der Waals surface area (Å²) in [4.78, 5) is 16.2. The van der Waals surface area contributed by atoms with E-state index in [1.807, 2.05) is 24.3 Å². The molecule has 19 heavy (non-hydrogen) atoms. The summed E-state index contributed by atoms with van der Waals surface area (Å²) in [5.41, 5.74) is 0.788. The van der Waals surface area contributed by atoms with Crippen molar-refractivity contribution in [3.05, 3.63) is 69.9 Å². The zero-order valence-corrected chi connectivity index (χ0v) is 10.7. The van der Waals surface area contributed by atoms with Gasteiger partial charge in [-0.2, -0.15) is 5.10 Å². The van der Waals surface area contributed by atoms with Crippen LogP contribution in [0.4, 0.5) is 0 Å². The topological polar surface area (TPSA) is 47.8 Å². The van der Waals surface area contributed by atoms with Gasteiger partial charge in [-0.1, -0.05) is 29.8 Å². The maximum absolute atomic E-state index is 12.3. The third kappa shape index (κ3) is 2.35. The number of nitrogens with zero attached hydrogens (tertiary/aromatic N) is 3. The average Bonchev–Trinajstić information content (AvgIpc) is 2.42. The van der Waals surface area contributed by atoms with E-state index in [4.69, 9.17) is 11.6 Å². The predicted octanol–water partition coefficient (Wildman–Crippen LogP) is 2.49. The number of hydrogen-bond donors (Lipinski definition) is 0. The molecule has 3 aromatic rings. The molecule has 5 heteroatoms. The summed E-state index contributed by atoms with van der Waals surface area (Å²) in [6, 6.07) is 10.9. The lowest BCUT2D eigenvalue weighted by atomic mass is 10.2. The molecular formula is C14H10ClN3O. The van der Waals surface area contributed by atoms with E-state index in [0.29, 0.717) is 17.1 Å². The van der Waals surface area contributed by atoms with Gasteiger partial charge >= 0.3 is 0 Å². The summed E-state index contributed by atoms with van der Waals surface area (Å²) >= 11 is 5.83. The molecule has 0 N–H and O–H groups in total. The van der Waals surface area contributed by atoms with E-state index in [9.17, 15) is 4.79 Å². The van der Waals surface area contributed by atoms with Gasteiger partial charge in [0.15, 0.2) is 0 Å². The van der Waals surface area contributed by atoms with Crippen LogP contribution in [0.3, 0.4) is 0 Å². The van der Waals surface area contributed by atoms with Gasteiger partial charge < -0.3 is 0 Å². The van der Waals surface area contributed by atoms with Crippen LogP contribution in [0.2, 0.25) is 5.15 Å². The molecule has 0 bridgehead atoms. The first-order valence-corrected chi connectivity index (χ1v) is 6.17. The van der Waals surface area contributed by atoms with E-state index < -0.39 is 0 Å².